The Kier molecular flexibility index (Phi) is 5.79. The zero-order valence-corrected chi connectivity index (χ0v) is 14.8. The molecule has 0 saturated carbocycles. The lowest BCUT2D eigenvalue weighted by atomic mass is 9.96. The van der Waals surface area contributed by atoms with Crippen molar-refractivity contribution >= 4 is 22.0 Å². The van der Waals surface area contributed by atoms with E-state index >= 15 is 0 Å². The Morgan fingerprint density at radius 3 is 2.60 bits per heavy atom. The van der Waals surface area contributed by atoms with Gasteiger partial charge in [-0.1, -0.05) is 0 Å². The number of hydrogen-bond acceptors (Lipinski definition) is 5. The Morgan fingerprint density at radius 2 is 2.00 bits per heavy atom. The molecule has 0 bridgehead atoms. The first-order valence-electron chi connectivity index (χ1n) is 7.89. The maximum atomic E-state index is 13.8. The topological polar surface area (TPSA) is 101 Å². The lowest BCUT2D eigenvalue weighted by Gasteiger charge is -2.35. The van der Waals surface area contributed by atoms with E-state index in [0.717, 1.165) is 22.5 Å². The number of esters is 1. The molecule has 1 aromatic rings. The smallest absolute Gasteiger partial charge is 0.338 e. The van der Waals surface area contributed by atoms with E-state index in [2.05, 4.69) is 0 Å². The van der Waals surface area contributed by atoms with Gasteiger partial charge in [0.2, 0.25) is 10.0 Å². The average molecular weight is 373 g/mol. The van der Waals surface area contributed by atoms with Gasteiger partial charge in [0.1, 0.15) is 5.82 Å². The number of carbonyl (C=O) groups excluding carboxylic acids is 1. The molecular formula is C16H20FNO6S. The Labute approximate surface area is 145 Å². The summed E-state index contributed by atoms with van der Waals surface area (Å²) in [7, 11) is -4.15. The zero-order valence-electron chi connectivity index (χ0n) is 13.9. The third-order valence-corrected chi connectivity index (χ3v) is 6.12. The van der Waals surface area contributed by atoms with Crippen molar-refractivity contribution < 1.29 is 32.2 Å². The second-order valence-corrected chi connectivity index (χ2v) is 7.82. The SMILES string of the molecule is CCOC(=O)c1cc(F)cc(S(=O)(=O)N2CC(C(=O)O)CCC2C)c1. The minimum atomic E-state index is -4.15. The summed E-state index contributed by atoms with van der Waals surface area (Å²) >= 11 is 0. The highest BCUT2D eigenvalue weighted by atomic mass is 32.2. The molecule has 7 nitrogen and oxygen atoms in total. The number of piperidine rings is 1. The summed E-state index contributed by atoms with van der Waals surface area (Å²) in [6.07, 6.45) is 0.760. The number of aliphatic carboxylic acids is 1. The van der Waals surface area contributed by atoms with Crippen LogP contribution in [0.5, 0.6) is 0 Å². The van der Waals surface area contributed by atoms with Crippen molar-refractivity contribution in [1.29, 1.82) is 0 Å². The molecule has 2 unspecified atom stereocenters. The van der Waals surface area contributed by atoms with Gasteiger partial charge in [-0.15, -0.1) is 0 Å². The maximum Gasteiger partial charge on any atom is 0.338 e. The Balaban J connectivity index is 2.41. The fourth-order valence-electron chi connectivity index (χ4n) is 2.79. The quantitative estimate of drug-likeness (QED) is 0.791. The fourth-order valence-corrected chi connectivity index (χ4v) is 4.55. The highest BCUT2D eigenvalue weighted by Crippen LogP contribution is 2.29. The first kappa shape index (κ1) is 19.3. The van der Waals surface area contributed by atoms with Gasteiger partial charge in [-0.25, -0.2) is 17.6 Å². The van der Waals surface area contributed by atoms with Gasteiger partial charge in [-0.05, 0) is 44.9 Å². The van der Waals surface area contributed by atoms with Crippen molar-refractivity contribution in [2.45, 2.75) is 37.6 Å². The molecule has 0 spiro atoms. The third kappa shape index (κ3) is 4.16. The fraction of sp³-hybridized carbons (Fsp3) is 0.500. The molecule has 138 valence electrons. The predicted octanol–water partition coefficient (Wildman–Crippen LogP) is 1.88. The number of ether oxygens (including phenoxy) is 1. The van der Waals surface area contributed by atoms with Gasteiger partial charge < -0.3 is 9.84 Å². The number of halogens is 1. The molecule has 1 aromatic carbocycles. The number of carboxylic acid groups (broad SMARTS) is 1. The third-order valence-electron chi connectivity index (χ3n) is 4.16. The van der Waals surface area contributed by atoms with Gasteiger partial charge in [-0.2, -0.15) is 4.31 Å². The second-order valence-electron chi connectivity index (χ2n) is 5.93. The van der Waals surface area contributed by atoms with Crippen molar-refractivity contribution in [1.82, 2.24) is 4.31 Å². The molecule has 1 fully saturated rings. The molecule has 0 aliphatic carbocycles. The lowest BCUT2D eigenvalue weighted by Crippen LogP contribution is -2.47. The van der Waals surface area contributed by atoms with Crippen LogP contribution in [0.3, 0.4) is 0 Å². The van der Waals surface area contributed by atoms with E-state index in [1.807, 2.05) is 0 Å². The highest BCUT2D eigenvalue weighted by molar-refractivity contribution is 7.89. The Bertz CT molecular complexity index is 779. The highest BCUT2D eigenvalue weighted by Gasteiger charge is 2.37. The molecule has 1 N–H and O–H groups in total. The van der Waals surface area contributed by atoms with Crippen molar-refractivity contribution in [3.63, 3.8) is 0 Å². The van der Waals surface area contributed by atoms with E-state index in [9.17, 15) is 22.4 Å². The summed E-state index contributed by atoms with van der Waals surface area (Å²) in [5, 5.41) is 9.16. The van der Waals surface area contributed by atoms with Crippen LogP contribution in [0.15, 0.2) is 23.1 Å². The van der Waals surface area contributed by atoms with Crippen molar-refractivity contribution in [3.05, 3.63) is 29.6 Å². The van der Waals surface area contributed by atoms with Crippen LogP contribution in [-0.2, 0) is 19.6 Å². The normalized spacial score (nSPS) is 21.7. The van der Waals surface area contributed by atoms with Gasteiger partial charge in [-0.3, -0.25) is 4.79 Å². The molecule has 0 aromatic heterocycles. The molecule has 25 heavy (non-hydrogen) atoms. The van der Waals surface area contributed by atoms with Crippen molar-refractivity contribution in [2.24, 2.45) is 5.92 Å². The number of hydrogen-bond donors (Lipinski definition) is 1. The van der Waals surface area contributed by atoms with E-state index in [1.165, 1.54) is 0 Å². The maximum absolute atomic E-state index is 13.8. The Hall–Kier alpha value is -2.00. The van der Waals surface area contributed by atoms with E-state index in [4.69, 9.17) is 9.84 Å². The summed E-state index contributed by atoms with van der Waals surface area (Å²) in [5.74, 6) is -3.60. The van der Waals surface area contributed by atoms with Crippen LogP contribution >= 0.6 is 0 Å². The molecule has 1 aliphatic heterocycles. The second kappa shape index (κ2) is 7.49. The van der Waals surface area contributed by atoms with Crippen LogP contribution in [0.25, 0.3) is 0 Å². The van der Waals surface area contributed by atoms with Gasteiger partial charge in [0.15, 0.2) is 0 Å². The van der Waals surface area contributed by atoms with Crippen LogP contribution in [0.1, 0.15) is 37.0 Å². The first-order valence-corrected chi connectivity index (χ1v) is 9.33. The van der Waals surface area contributed by atoms with Gasteiger partial charge in [0.05, 0.1) is 23.0 Å². The number of nitrogens with zero attached hydrogens (tertiary/aromatic N) is 1. The molecule has 2 rings (SSSR count). The van der Waals surface area contributed by atoms with Crippen LogP contribution in [-0.4, -0.2) is 49.0 Å². The summed E-state index contributed by atoms with van der Waals surface area (Å²) < 4.78 is 45.4. The molecule has 0 radical (unpaired) electrons. The zero-order chi connectivity index (χ0) is 18.8. The molecule has 9 heteroatoms. The predicted molar refractivity (Wildman–Crippen MR) is 86.1 cm³/mol. The lowest BCUT2D eigenvalue weighted by molar-refractivity contribution is -0.143. The molecule has 1 aliphatic rings. The first-order chi connectivity index (χ1) is 11.7. The number of rotatable bonds is 5. The van der Waals surface area contributed by atoms with Gasteiger partial charge in [0, 0.05) is 12.6 Å². The monoisotopic (exact) mass is 373 g/mol. The largest absolute Gasteiger partial charge is 0.481 e. The summed E-state index contributed by atoms with van der Waals surface area (Å²) in [6.45, 7) is 3.13. The van der Waals surface area contributed by atoms with Crippen LogP contribution < -0.4 is 0 Å². The van der Waals surface area contributed by atoms with E-state index in [-0.39, 0.29) is 18.7 Å². The Morgan fingerprint density at radius 1 is 1.32 bits per heavy atom. The van der Waals surface area contributed by atoms with Crippen LogP contribution in [0.4, 0.5) is 4.39 Å². The number of benzene rings is 1. The number of carbonyl (C=O) groups is 2. The van der Waals surface area contributed by atoms with E-state index < -0.39 is 44.6 Å². The molecule has 1 saturated heterocycles. The standard InChI is InChI=1S/C16H20FNO6S/c1-3-24-16(21)12-6-13(17)8-14(7-12)25(22,23)18-9-11(15(19)20)5-4-10(18)2/h6-8,10-11H,3-5,9H2,1-2H3,(H,19,20). The van der Waals surface area contributed by atoms with Crippen molar-refractivity contribution in [2.75, 3.05) is 13.2 Å². The summed E-state index contributed by atoms with van der Waals surface area (Å²) in [6, 6.07) is 2.34. The molecule has 2 atom stereocenters. The number of carboxylic acids is 1. The average Bonchev–Trinajstić information content (AvgIpc) is 2.54. The summed E-state index contributed by atoms with van der Waals surface area (Å²) in [4.78, 5) is 22.6. The van der Waals surface area contributed by atoms with Crippen LogP contribution in [0, 0.1) is 11.7 Å². The molecule has 1 heterocycles. The molecule has 0 amide bonds. The van der Waals surface area contributed by atoms with E-state index in [1.54, 1.807) is 13.8 Å². The molecular weight excluding hydrogens is 353 g/mol. The summed E-state index contributed by atoms with van der Waals surface area (Å²) in [5.41, 5.74) is -0.208. The van der Waals surface area contributed by atoms with Crippen molar-refractivity contribution in [3.8, 4) is 0 Å². The van der Waals surface area contributed by atoms with Gasteiger partial charge >= 0.3 is 11.9 Å². The minimum absolute atomic E-state index is 0.0703. The van der Waals surface area contributed by atoms with E-state index in [0.29, 0.717) is 12.8 Å². The van der Waals surface area contributed by atoms with Gasteiger partial charge in [0.25, 0.3) is 0 Å². The van der Waals surface area contributed by atoms with Crippen LogP contribution in [0.2, 0.25) is 0 Å². The minimum Gasteiger partial charge on any atom is -0.481 e. The number of sulfonamides is 1.